The predicted octanol–water partition coefficient (Wildman–Crippen LogP) is 0.153. The number of aliphatic hydroxyl groups is 2. The summed E-state index contributed by atoms with van der Waals surface area (Å²) in [5.41, 5.74) is 0.944. The van der Waals surface area contributed by atoms with Crippen LogP contribution in [0.25, 0.3) is 11.1 Å². The van der Waals surface area contributed by atoms with Gasteiger partial charge in [-0.05, 0) is 12.5 Å². The van der Waals surface area contributed by atoms with Crippen molar-refractivity contribution in [3.05, 3.63) is 56.9 Å². The number of aromatic nitrogens is 2. The van der Waals surface area contributed by atoms with Gasteiger partial charge in [0.25, 0.3) is 5.56 Å². The molecule has 2 heterocycles. The highest BCUT2D eigenvalue weighted by molar-refractivity contribution is 5.62. The number of aromatic amines is 1. The van der Waals surface area contributed by atoms with E-state index in [1.807, 2.05) is 25.1 Å². The number of hydrogen-bond acceptors (Lipinski definition) is 5. The first kappa shape index (κ1) is 15.7. The standard InChI is InChI=1S/C16H18N2O5/c1-9-3-2-4-10(5-9)11-7-18(16(22)17-15(11)21)14-6-12(20)13(8-19)23-14/h2-5,7,12-14,19-20H,6,8H2,1H3,(H,17,21,22)/t12-,13+,14+/m0/s1. The van der Waals surface area contributed by atoms with E-state index in [1.54, 1.807) is 6.07 Å². The fourth-order valence-corrected chi connectivity index (χ4v) is 2.77. The number of nitrogens with one attached hydrogen (secondary N) is 1. The number of rotatable bonds is 3. The van der Waals surface area contributed by atoms with Crippen molar-refractivity contribution in [1.29, 1.82) is 0 Å². The van der Waals surface area contributed by atoms with Gasteiger partial charge in [-0.25, -0.2) is 4.79 Å². The molecule has 1 aliphatic heterocycles. The maximum Gasteiger partial charge on any atom is 0.330 e. The Labute approximate surface area is 131 Å². The number of aliphatic hydroxyl groups excluding tert-OH is 2. The molecule has 2 aromatic rings. The normalized spacial score (nSPS) is 24.0. The van der Waals surface area contributed by atoms with Crippen LogP contribution in [0.3, 0.4) is 0 Å². The third kappa shape index (κ3) is 2.98. The molecule has 0 bridgehead atoms. The molecule has 1 saturated heterocycles. The maximum absolute atomic E-state index is 12.1. The van der Waals surface area contributed by atoms with Crippen LogP contribution in [-0.4, -0.2) is 38.6 Å². The third-order valence-electron chi connectivity index (χ3n) is 3.99. The van der Waals surface area contributed by atoms with Gasteiger partial charge in [0, 0.05) is 12.6 Å². The number of benzene rings is 1. The minimum absolute atomic E-state index is 0.171. The van der Waals surface area contributed by atoms with Gasteiger partial charge in [-0.15, -0.1) is 0 Å². The fraction of sp³-hybridized carbons (Fsp3) is 0.375. The lowest BCUT2D eigenvalue weighted by atomic mass is 10.1. The van der Waals surface area contributed by atoms with Crippen LogP contribution in [0.4, 0.5) is 0 Å². The summed E-state index contributed by atoms with van der Waals surface area (Å²) in [6.45, 7) is 1.58. The predicted molar refractivity (Wildman–Crippen MR) is 83.1 cm³/mol. The molecule has 3 N–H and O–H groups in total. The van der Waals surface area contributed by atoms with Crippen LogP contribution in [0.1, 0.15) is 18.2 Å². The van der Waals surface area contributed by atoms with E-state index in [9.17, 15) is 14.7 Å². The quantitative estimate of drug-likeness (QED) is 0.747. The lowest BCUT2D eigenvalue weighted by Gasteiger charge is -2.15. The van der Waals surface area contributed by atoms with Crippen LogP contribution in [-0.2, 0) is 4.74 Å². The summed E-state index contributed by atoms with van der Waals surface area (Å²) < 4.78 is 6.73. The Morgan fingerprint density at radius 2 is 2.17 bits per heavy atom. The molecule has 23 heavy (non-hydrogen) atoms. The number of aryl methyl sites for hydroxylation is 1. The summed E-state index contributed by atoms with van der Waals surface area (Å²) in [6.07, 6.45) is -0.708. The molecule has 0 amide bonds. The Balaban J connectivity index is 2.05. The zero-order valence-corrected chi connectivity index (χ0v) is 12.6. The fourth-order valence-electron chi connectivity index (χ4n) is 2.77. The van der Waals surface area contributed by atoms with Gasteiger partial charge in [-0.3, -0.25) is 14.3 Å². The molecule has 0 radical (unpaired) electrons. The van der Waals surface area contributed by atoms with Crippen LogP contribution in [0.2, 0.25) is 0 Å². The van der Waals surface area contributed by atoms with Crippen molar-refractivity contribution < 1.29 is 14.9 Å². The van der Waals surface area contributed by atoms with Crippen LogP contribution in [0, 0.1) is 6.92 Å². The second kappa shape index (κ2) is 6.11. The molecule has 0 aliphatic carbocycles. The first-order valence-corrected chi connectivity index (χ1v) is 7.36. The van der Waals surface area contributed by atoms with E-state index in [0.29, 0.717) is 11.1 Å². The zero-order chi connectivity index (χ0) is 16.6. The summed E-state index contributed by atoms with van der Waals surface area (Å²) in [5, 5.41) is 19.0. The van der Waals surface area contributed by atoms with Crippen molar-refractivity contribution >= 4 is 0 Å². The minimum atomic E-state index is -0.855. The first-order valence-electron chi connectivity index (χ1n) is 7.36. The Morgan fingerprint density at radius 3 is 2.83 bits per heavy atom. The monoisotopic (exact) mass is 318 g/mol. The highest BCUT2D eigenvalue weighted by Crippen LogP contribution is 2.28. The van der Waals surface area contributed by atoms with Gasteiger partial charge in [0.15, 0.2) is 0 Å². The maximum atomic E-state index is 12.1. The molecule has 0 spiro atoms. The van der Waals surface area contributed by atoms with E-state index in [-0.39, 0.29) is 13.0 Å². The molecule has 1 fully saturated rings. The largest absolute Gasteiger partial charge is 0.394 e. The van der Waals surface area contributed by atoms with E-state index in [1.165, 1.54) is 10.8 Å². The molecule has 1 aromatic heterocycles. The van der Waals surface area contributed by atoms with Crippen molar-refractivity contribution in [3.63, 3.8) is 0 Å². The number of ether oxygens (including phenoxy) is 1. The summed E-state index contributed by atoms with van der Waals surface area (Å²) in [5.74, 6) is 0. The van der Waals surface area contributed by atoms with Crippen molar-refractivity contribution in [2.45, 2.75) is 31.8 Å². The van der Waals surface area contributed by atoms with Crippen molar-refractivity contribution in [2.75, 3.05) is 6.61 Å². The van der Waals surface area contributed by atoms with Gasteiger partial charge in [0.1, 0.15) is 12.3 Å². The van der Waals surface area contributed by atoms with Gasteiger partial charge in [0.05, 0.1) is 18.3 Å². The average molecular weight is 318 g/mol. The Hall–Kier alpha value is -2.22. The van der Waals surface area contributed by atoms with Crippen LogP contribution >= 0.6 is 0 Å². The highest BCUT2D eigenvalue weighted by atomic mass is 16.5. The summed E-state index contributed by atoms with van der Waals surface area (Å²) >= 11 is 0. The lowest BCUT2D eigenvalue weighted by Crippen LogP contribution is -2.33. The van der Waals surface area contributed by atoms with Gasteiger partial charge in [-0.2, -0.15) is 0 Å². The smallest absolute Gasteiger partial charge is 0.330 e. The van der Waals surface area contributed by atoms with E-state index >= 15 is 0 Å². The number of H-pyrrole nitrogens is 1. The summed E-state index contributed by atoms with van der Waals surface area (Å²) in [6, 6.07) is 7.38. The molecule has 0 unspecified atom stereocenters. The Morgan fingerprint density at radius 1 is 1.39 bits per heavy atom. The zero-order valence-electron chi connectivity index (χ0n) is 12.6. The number of nitrogens with zero attached hydrogens (tertiary/aromatic N) is 1. The molecular formula is C16H18N2O5. The van der Waals surface area contributed by atoms with Gasteiger partial charge in [0.2, 0.25) is 0 Å². The van der Waals surface area contributed by atoms with Crippen LogP contribution in [0.5, 0.6) is 0 Å². The molecule has 7 heteroatoms. The van der Waals surface area contributed by atoms with Crippen molar-refractivity contribution in [3.8, 4) is 11.1 Å². The van der Waals surface area contributed by atoms with E-state index in [4.69, 9.17) is 9.84 Å². The summed E-state index contributed by atoms with van der Waals surface area (Å²) in [4.78, 5) is 26.4. The second-order valence-electron chi connectivity index (χ2n) is 5.69. The molecule has 7 nitrogen and oxygen atoms in total. The molecule has 122 valence electrons. The third-order valence-corrected chi connectivity index (χ3v) is 3.99. The minimum Gasteiger partial charge on any atom is -0.394 e. The molecule has 1 aromatic carbocycles. The molecule has 1 aliphatic rings. The SMILES string of the molecule is Cc1cccc(-c2cn([C@H]3C[C@H](O)[C@@H](CO)O3)c(=O)[nH]c2=O)c1. The van der Waals surface area contributed by atoms with Crippen molar-refractivity contribution in [2.24, 2.45) is 0 Å². The van der Waals surface area contributed by atoms with Crippen LogP contribution < -0.4 is 11.2 Å². The summed E-state index contributed by atoms with van der Waals surface area (Å²) in [7, 11) is 0. The van der Waals surface area contributed by atoms with Crippen molar-refractivity contribution in [1.82, 2.24) is 9.55 Å². The Bertz CT molecular complexity index is 826. The van der Waals surface area contributed by atoms with E-state index in [0.717, 1.165) is 5.56 Å². The molecule has 3 atom stereocenters. The van der Waals surface area contributed by atoms with Gasteiger partial charge < -0.3 is 14.9 Å². The molecular weight excluding hydrogens is 300 g/mol. The Kier molecular flexibility index (Phi) is 4.16. The molecule has 0 saturated carbocycles. The van der Waals surface area contributed by atoms with E-state index in [2.05, 4.69) is 4.98 Å². The van der Waals surface area contributed by atoms with Gasteiger partial charge >= 0.3 is 5.69 Å². The number of hydrogen-bond donors (Lipinski definition) is 3. The average Bonchev–Trinajstić information content (AvgIpc) is 2.88. The second-order valence-corrected chi connectivity index (χ2v) is 5.69. The van der Waals surface area contributed by atoms with Gasteiger partial charge in [-0.1, -0.05) is 29.8 Å². The topological polar surface area (TPSA) is 105 Å². The van der Waals surface area contributed by atoms with Crippen LogP contribution in [0.15, 0.2) is 40.1 Å². The molecule has 3 rings (SSSR count). The van der Waals surface area contributed by atoms with E-state index < -0.39 is 29.7 Å². The highest BCUT2D eigenvalue weighted by Gasteiger charge is 2.35. The lowest BCUT2D eigenvalue weighted by molar-refractivity contribution is -0.0458. The first-order chi connectivity index (χ1) is 11.0.